The monoisotopic (exact) mass is 376 g/mol. The number of benzene rings is 1. The van der Waals surface area contributed by atoms with Gasteiger partial charge in [-0.15, -0.1) is 0 Å². The number of ether oxygens (including phenoxy) is 1. The van der Waals surface area contributed by atoms with Gasteiger partial charge in [0.1, 0.15) is 0 Å². The lowest BCUT2D eigenvalue weighted by Gasteiger charge is -2.21. The number of nitrogens with zero attached hydrogens (tertiary/aromatic N) is 2. The second kappa shape index (κ2) is 9.45. The molecule has 0 aliphatic rings. The zero-order valence-corrected chi connectivity index (χ0v) is 15.9. The Morgan fingerprint density at radius 2 is 1.85 bits per heavy atom. The molecule has 6 nitrogen and oxygen atoms in total. The third kappa shape index (κ3) is 5.93. The Hall–Kier alpha value is -2.25. The van der Waals surface area contributed by atoms with Crippen molar-refractivity contribution >= 4 is 16.0 Å². The second-order valence-electron chi connectivity index (χ2n) is 6.08. The minimum absolute atomic E-state index is 0.284. The molecule has 0 fully saturated rings. The van der Waals surface area contributed by atoms with Gasteiger partial charge in [0.05, 0.1) is 18.8 Å². The summed E-state index contributed by atoms with van der Waals surface area (Å²) in [5.41, 5.74) is 1.72. The number of carbonyl (C=O) groups excluding carboxylic acids is 1. The number of sulfonamides is 1. The van der Waals surface area contributed by atoms with Crippen LogP contribution < -0.4 is 0 Å². The lowest BCUT2D eigenvalue weighted by Crippen LogP contribution is -2.36. The van der Waals surface area contributed by atoms with Crippen LogP contribution in [0.3, 0.4) is 0 Å². The van der Waals surface area contributed by atoms with Crippen LogP contribution in [0, 0.1) is 5.92 Å². The third-order valence-corrected chi connectivity index (χ3v) is 6.11. The van der Waals surface area contributed by atoms with Gasteiger partial charge >= 0.3 is 5.97 Å². The maximum Gasteiger partial charge on any atom is 0.310 e. The second-order valence-corrected chi connectivity index (χ2v) is 8.20. The van der Waals surface area contributed by atoms with E-state index in [9.17, 15) is 13.2 Å². The number of likely N-dealkylation sites (N-methyl/N-ethyl adjacent to an activating group) is 1. The standard InChI is InChI=1S/C19H24N2O4S/c1-21(13-11-18-10-6-7-12-20-18)26(23,24)15-17(19(22)25-2)14-16-8-4-3-5-9-16/h3-10,12,17H,11,13-15H2,1-2H3/t17-/m1/s1. The molecule has 1 heterocycles. The van der Waals surface area contributed by atoms with Crippen molar-refractivity contribution < 1.29 is 17.9 Å². The van der Waals surface area contributed by atoms with Crippen LogP contribution in [0.2, 0.25) is 0 Å². The minimum atomic E-state index is -3.60. The van der Waals surface area contributed by atoms with E-state index in [2.05, 4.69) is 4.98 Å². The molecule has 1 aromatic heterocycles. The number of methoxy groups -OCH3 is 1. The fourth-order valence-corrected chi connectivity index (χ4v) is 4.00. The highest BCUT2D eigenvalue weighted by Crippen LogP contribution is 2.15. The van der Waals surface area contributed by atoms with E-state index in [0.717, 1.165) is 11.3 Å². The number of rotatable bonds is 9. The van der Waals surface area contributed by atoms with Crippen molar-refractivity contribution in [2.45, 2.75) is 12.8 Å². The predicted molar refractivity (Wildman–Crippen MR) is 100 cm³/mol. The van der Waals surface area contributed by atoms with Gasteiger partial charge in [-0.05, 0) is 24.1 Å². The average Bonchev–Trinajstić information content (AvgIpc) is 2.66. The van der Waals surface area contributed by atoms with E-state index in [4.69, 9.17) is 4.74 Å². The van der Waals surface area contributed by atoms with Crippen molar-refractivity contribution in [3.05, 3.63) is 66.0 Å². The van der Waals surface area contributed by atoms with E-state index in [-0.39, 0.29) is 5.75 Å². The lowest BCUT2D eigenvalue weighted by molar-refractivity contribution is -0.144. The van der Waals surface area contributed by atoms with Gasteiger partial charge in [0.25, 0.3) is 0 Å². The van der Waals surface area contributed by atoms with Gasteiger partial charge in [-0.25, -0.2) is 12.7 Å². The zero-order chi connectivity index (χ0) is 19.0. The molecule has 0 saturated carbocycles. The molecule has 0 aliphatic heterocycles. The van der Waals surface area contributed by atoms with Crippen LogP contribution >= 0.6 is 0 Å². The highest BCUT2D eigenvalue weighted by Gasteiger charge is 2.29. The maximum absolute atomic E-state index is 12.7. The molecule has 0 N–H and O–H groups in total. The van der Waals surface area contributed by atoms with E-state index < -0.39 is 21.9 Å². The fraction of sp³-hybridized carbons (Fsp3) is 0.368. The van der Waals surface area contributed by atoms with Crippen molar-refractivity contribution in [1.82, 2.24) is 9.29 Å². The summed E-state index contributed by atoms with van der Waals surface area (Å²) in [7, 11) is -0.802. The van der Waals surface area contributed by atoms with Crippen LogP contribution in [0.4, 0.5) is 0 Å². The normalized spacial score (nSPS) is 12.7. The SMILES string of the molecule is COC(=O)[C@H](Cc1ccccc1)CS(=O)(=O)N(C)CCc1ccccn1. The fourth-order valence-electron chi connectivity index (χ4n) is 2.61. The minimum Gasteiger partial charge on any atom is -0.469 e. The lowest BCUT2D eigenvalue weighted by atomic mass is 10.0. The van der Waals surface area contributed by atoms with Crippen molar-refractivity contribution in [3.63, 3.8) is 0 Å². The Bertz CT molecular complexity index is 795. The first kappa shape index (κ1) is 20.1. The number of pyridine rings is 1. The number of carbonyl (C=O) groups is 1. The van der Waals surface area contributed by atoms with Gasteiger partial charge in [0, 0.05) is 31.9 Å². The number of hydrogen-bond donors (Lipinski definition) is 0. The molecular weight excluding hydrogens is 352 g/mol. The molecule has 0 radical (unpaired) electrons. The van der Waals surface area contributed by atoms with Crippen LogP contribution in [0.5, 0.6) is 0 Å². The van der Waals surface area contributed by atoms with Crippen molar-refractivity contribution in [3.8, 4) is 0 Å². The van der Waals surface area contributed by atoms with Crippen molar-refractivity contribution in [2.24, 2.45) is 5.92 Å². The quantitative estimate of drug-likeness (QED) is 0.625. The smallest absolute Gasteiger partial charge is 0.310 e. The molecular formula is C19H24N2O4S. The average molecular weight is 376 g/mol. The molecule has 140 valence electrons. The third-order valence-electron chi connectivity index (χ3n) is 4.16. The van der Waals surface area contributed by atoms with Gasteiger partial charge in [0.15, 0.2) is 0 Å². The highest BCUT2D eigenvalue weighted by molar-refractivity contribution is 7.89. The van der Waals surface area contributed by atoms with Crippen LogP contribution in [0.25, 0.3) is 0 Å². The molecule has 2 rings (SSSR count). The molecule has 7 heteroatoms. The summed E-state index contributed by atoms with van der Waals surface area (Å²) in [5, 5.41) is 0. The Morgan fingerprint density at radius 1 is 1.15 bits per heavy atom. The number of aromatic nitrogens is 1. The first-order valence-electron chi connectivity index (χ1n) is 8.38. The summed E-state index contributed by atoms with van der Waals surface area (Å²) >= 11 is 0. The molecule has 0 bridgehead atoms. The Balaban J connectivity index is 2.03. The van der Waals surface area contributed by atoms with Crippen molar-refractivity contribution in [1.29, 1.82) is 0 Å². The van der Waals surface area contributed by atoms with Crippen molar-refractivity contribution in [2.75, 3.05) is 26.5 Å². The first-order valence-corrected chi connectivity index (χ1v) is 9.99. The van der Waals surface area contributed by atoms with E-state index >= 15 is 0 Å². The summed E-state index contributed by atoms with van der Waals surface area (Å²) in [6.45, 7) is 0.304. The van der Waals surface area contributed by atoms with E-state index in [1.165, 1.54) is 18.5 Å². The van der Waals surface area contributed by atoms with Gasteiger partial charge < -0.3 is 4.74 Å². The zero-order valence-electron chi connectivity index (χ0n) is 15.0. The van der Waals surface area contributed by atoms with Crippen LogP contribution in [-0.4, -0.2) is 50.1 Å². The predicted octanol–water partition coefficient (Wildman–Crippen LogP) is 1.92. The molecule has 1 aromatic carbocycles. The van der Waals surface area contributed by atoms with Crippen LogP contribution in [0.15, 0.2) is 54.7 Å². The maximum atomic E-state index is 12.7. The largest absolute Gasteiger partial charge is 0.469 e. The highest BCUT2D eigenvalue weighted by atomic mass is 32.2. The number of esters is 1. The van der Waals surface area contributed by atoms with Gasteiger partial charge in [-0.2, -0.15) is 0 Å². The summed E-state index contributed by atoms with van der Waals surface area (Å²) in [6, 6.07) is 14.9. The van der Waals surface area contributed by atoms with Gasteiger partial charge in [-0.1, -0.05) is 36.4 Å². The van der Waals surface area contributed by atoms with E-state index in [0.29, 0.717) is 19.4 Å². The molecule has 0 saturated heterocycles. The topological polar surface area (TPSA) is 76.6 Å². The van der Waals surface area contributed by atoms with Crippen LogP contribution in [0.1, 0.15) is 11.3 Å². The first-order chi connectivity index (χ1) is 12.4. The molecule has 26 heavy (non-hydrogen) atoms. The molecule has 0 spiro atoms. The summed E-state index contributed by atoms with van der Waals surface area (Å²) in [4.78, 5) is 16.3. The Kier molecular flexibility index (Phi) is 7.29. The van der Waals surface area contributed by atoms with Gasteiger partial charge in [-0.3, -0.25) is 9.78 Å². The molecule has 0 amide bonds. The Labute approximate surface area is 154 Å². The molecule has 2 aromatic rings. The number of hydrogen-bond acceptors (Lipinski definition) is 5. The van der Waals surface area contributed by atoms with E-state index in [1.54, 1.807) is 6.20 Å². The molecule has 0 aliphatic carbocycles. The van der Waals surface area contributed by atoms with E-state index in [1.807, 2.05) is 48.5 Å². The Morgan fingerprint density at radius 3 is 2.46 bits per heavy atom. The summed E-state index contributed by atoms with van der Waals surface area (Å²) < 4.78 is 31.4. The summed E-state index contributed by atoms with van der Waals surface area (Å²) in [5.74, 6) is -1.55. The van der Waals surface area contributed by atoms with Gasteiger partial charge in [0.2, 0.25) is 10.0 Å². The molecule has 1 atom stereocenters. The van der Waals surface area contributed by atoms with Crippen LogP contribution in [-0.2, 0) is 32.4 Å². The summed E-state index contributed by atoms with van der Waals surface area (Å²) in [6.07, 6.45) is 2.51. The molecule has 0 unspecified atom stereocenters.